The summed E-state index contributed by atoms with van der Waals surface area (Å²) in [6, 6.07) is 14.2. The van der Waals surface area contributed by atoms with Crippen molar-refractivity contribution in [1.29, 1.82) is 0 Å². The first-order chi connectivity index (χ1) is 13.7. The van der Waals surface area contributed by atoms with Gasteiger partial charge in [0.15, 0.2) is 5.96 Å². The van der Waals surface area contributed by atoms with Crippen LogP contribution in [-0.2, 0) is 6.54 Å². The highest BCUT2D eigenvalue weighted by Gasteiger charge is 2.25. The maximum atomic E-state index is 6.28. The molecule has 0 spiro atoms. The number of fused-ring (bicyclic) bond motifs is 1. The number of benzene rings is 1. The number of nitrogens with one attached hydrogen (secondary N) is 2. The maximum absolute atomic E-state index is 6.28. The summed E-state index contributed by atoms with van der Waals surface area (Å²) in [6.07, 6.45) is 4.63. The molecule has 144 valence electrons. The Bertz CT molecular complexity index is 984. The Hall–Kier alpha value is -2.86. The number of para-hydroxylation sites is 1. The van der Waals surface area contributed by atoms with Crippen LogP contribution in [0.15, 0.2) is 59.9 Å². The van der Waals surface area contributed by atoms with Crippen molar-refractivity contribution in [2.24, 2.45) is 4.99 Å². The Morgan fingerprint density at radius 3 is 2.93 bits per heavy atom. The van der Waals surface area contributed by atoms with E-state index in [1.807, 2.05) is 42.6 Å². The Labute approximate surface area is 169 Å². The van der Waals surface area contributed by atoms with Gasteiger partial charge in [-0.3, -0.25) is 9.98 Å². The molecule has 1 aromatic carbocycles. The molecule has 2 aromatic heterocycles. The lowest BCUT2D eigenvalue weighted by atomic mass is 10.1. The molecule has 2 N–H and O–H groups in total. The van der Waals surface area contributed by atoms with Crippen LogP contribution in [0.3, 0.4) is 0 Å². The molecule has 0 aliphatic carbocycles. The fourth-order valence-electron chi connectivity index (χ4n) is 3.56. The first-order valence-electron chi connectivity index (χ1n) is 9.40. The minimum Gasteiger partial charge on any atom is -0.353 e. The van der Waals surface area contributed by atoms with E-state index in [0.29, 0.717) is 17.6 Å². The number of guanidine groups is 1. The molecule has 0 radical (unpaired) electrons. The van der Waals surface area contributed by atoms with E-state index >= 15 is 0 Å². The molecule has 1 fully saturated rings. The molecule has 4 rings (SSSR count). The molecule has 1 aliphatic rings. The summed E-state index contributed by atoms with van der Waals surface area (Å²) in [5.41, 5.74) is 2.20. The van der Waals surface area contributed by atoms with Crippen LogP contribution in [0.4, 0.5) is 5.82 Å². The lowest BCUT2D eigenvalue weighted by Crippen LogP contribution is -2.44. The molecule has 3 heterocycles. The van der Waals surface area contributed by atoms with E-state index in [1.54, 1.807) is 13.2 Å². The van der Waals surface area contributed by atoms with E-state index in [2.05, 4.69) is 36.6 Å². The molecule has 1 atom stereocenters. The van der Waals surface area contributed by atoms with Gasteiger partial charge >= 0.3 is 0 Å². The van der Waals surface area contributed by atoms with Crippen molar-refractivity contribution in [1.82, 2.24) is 20.6 Å². The van der Waals surface area contributed by atoms with E-state index < -0.39 is 0 Å². The summed E-state index contributed by atoms with van der Waals surface area (Å²) in [7, 11) is 1.79. The van der Waals surface area contributed by atoms with Gasteiger partial charge in [-0.25, -0.2) is 4.98 Å². The van der Waals surface area contributed by atoms with Gasteiger partial charge in [0, 0.05) is 50.5 Å². The molecule has 0 saturated carbocycles. The summed E-state index contributed by atoms with van der Waals surface area (Å²) < 4.78 is 0. The number of halogens is 1. The van der Waals surface area contributed by atoms with Gasteiger partial charge < -0.3 is 15.5 Å². The molecule has 7 heteroatoms. The lowest BCUT2D eigenvalue weighted by Gasteiger charge is -2.20. The van der Waals surface area contributed by atoms with Crippen molar-refractivity contribution in [2.75, 3.05) is 25.0 Å². The van der Waals surface area contributed by atoms with Gasteiger partial charge in [-0.2, -0.15) is 0 Å². The average molecular weight is 395 g/mol. The molecular formula is C21H23ClN6. The van der Waals surface area contributed by atoms with Gasteiger partial charge in [-0.15, -0.1) is 0 Å². The zero-order valence-corrected chi connectivity index (χ0v) is 16.5. The van der Waals surface area contributed by atoms with Gasteiger partial charge in [0.25, 0.3) is 0 Å². The summed E-state index contributed by atoms with van der Waals surface area (Å²) in [5, 5.41) is 8.78. The quantitative estimate of drug-likeness (QED) is 0.525. The van der Waals surface area contributed by atoms with Crippen molar-refractivity contribution in [2.45, 2.75) is 19.0 Å². The van der Waals surface area contributed by atoms with Crippen LogP contribution in [0.1, 0.15) is 12.0 Å². The second kappa shape index (κ2) is 8.44. The van der Waals surface area contributed by atoms with Crippen LogP contribution in [0.2, 0.25) is 5.02 Å². The third-order valence-corrected chi connectivity index (χ3v) is 5.27. The number of aromatic nitrogens is 2. The lowest BCUT2D eigenvalue weighted by molar-refractivity contribution is 0.648. The van der Waals surface area contributed by atoms with Crippen LogP contribution in [-0.4, -0.2) is 42.1 Å². The molecule has 0 amide bonds. The van der Waals surface area contributed by atoms with Crippen LogP contribution in [0.5, 0.6) is 0 Å². The second-order valence-corrected chi connectivity index (χ2v) is 7.20. The van der Waals surface area contributed by atoms with Crippen molar-refractivity contribution in [3.05, 3.63) is 65.4 Å². The number of nitrogens with zero attached hydrogens (tertiary/aromatic N) is 4. The van der Waals surface area contributed by atoms with E-state index in [-0.39, 0.29) is 0 Å². The van der Waals surface area contributed by atoms with Gasteiger partial charge in [0.1, 0.15) is 5.82 Å². The van der Waals surface area contributed by atoms with E-state index in [9.17, 15) is 0 Å². The molecule has 1 aliphatic heterocycles. The molecule has 1 saturated heterocycles. The smallest absolute Gasteiger partial charge is 0.191 e. The average Bonchev–Trinajstić information content (AvgIpc) is 3.19. The number of aliphatic imine (C=N–C) groups is 1. The Morgan fingerprint density at radius 1 is 1.18 bits per heavy atom. The second-order valence-electron chi connectivity index (χ2n) is 6.80. The Kier molecular flexibility index (Phi) is 5.58. The zero-order chi connectivity index (χ0) is 19.3. The number of hydrogen-bond acceptors (Lipinski definition) is 4. The molecule has 1 unspecified atom stereocenters. The fraction of sp³-hybridized carbons (Fsp3) is 0.286. The normalized spacial score (nSPS) is 17.1. The highest BCUT2D eigenvalue weighted by Crippen LogP contribution is 2.25. The summed E-state index contributed by atoms with van der Waals surface area (Å²) in [6.45, 7) is 2.45. The summed E-state index contributed by atoms with van der Waals surface area (Å²) in [5.74, 6) is 1.64. The third kappa shape index (κ3) is 4.02. The van der Waals surface area contributed by atoms with Crippen LogP contribution in [0, 0.1) is 0 Å². The van der Waals surface area contributed by atoms with Crippen molar-refractivity contribution in [3.63, 3.8) is 0 Å². The Morgan fingerprint density at radius 2 is 2.07 bits per heavy atom. The predicted molar refractivity (Wildman–Crippen MR) is 115 cm³/mol. The summed E-state index contributed by atoms with van der Waals surface area (Å²) >= 11 is 6.28. The fourth-order valence-corrected chi connectivity index (χ4v) is 3.80. The first-order valence-corrected chi connectivity index (χ1v) is 9.77. The minimum atomic E-state index is 0.290. The highest BCUT2D eigenvalue weighted by atomic mass is 35.5. The van der Waals surface area contributed by atoms with Gasteiger partial charge in [-0.05, 0) is 36.2 Å². The maximum Gasteiger partial charge on any atom is 0.191 e. The third-order valence-electron chi connectivity index (χ3n) is 4.98. The largest absolute Gasteiger partial charge is 0.353 e. The summed E-state index contributed by atoms with van der Waals surface area (Å²) in [4.78, 5) is 15.4. The van der Waals surface area contributed by atoms with Gasteiger partial charge in [-0.1, -0.05) is 29.8 Å². The standard InChI is InChI=1S/C21H23ClN6/c1-23-21(26-13-15-8-11-24-19-7-3-2-5-17(15)19)27-16-9-12-28(14-16)20-18(22)6-4-10-25-20/h2-8,10-11,16H,9,12-14H2,1H3,(H2,23,26,27). The van der Waals surface area contributed by atoms with Crippen molar-refractivity contribution < 1.29 is 0 Å². The first kappa shape index (κ1) is 18.5. The zero-order valence-electron chi connectivity index (χ0n) is 15.8. The van der Waals surface area contributed by atoms with Crippen molar-refractivity contribution in [3.8, 4) is 0 Å². The number of pyridine rings is 2. The number of rotatable bonds is 4. The van der Waals surface area contributed by atoms with E-state index in [0.717, 1.165) is 42.2 Å². The topological polar surface area (TPSA) is 65.4 Å². The predicted octanol–water partition coefficient (Wildman–Crippen LogP) is 3.23. The SMILES string of the molecule is CN=C(NCc1ccnc2ccccc12)NC1CCN(c2ncccc2Cl)C1. The van der Waals surface area contributed by atoms with E-state index in [1.165, 1.54) is 5.56 Å². The Balaban J connectivity index is 1.37. The minimum absolute atomic E-state index is 0.290. The van der Waals surface area contributed by atoms with Gasteiger partial charge in [0.2, 0.25) is 0 Å². The van der Waals surface area contributed by atoms with Crippen molar-refractivity contribution >= 4 is 34.3 Å². The molecule has 28 heavy (non-hydrogen) atoms. The molecule has 6 nitrogen and oxygen atoms in total. The highest BCUT2D eigenvalue weighted by molar-refractivity contribution is 6.32. The van der Waals surface area contributed by atoms with Gasteiger partial charge in [0.05, 0.1) is 10.5 Å². The van der Waals surface area contributed by atoms with Crippen LogP contribution in [0.25, 0.3) is 10.9 Å². The molecule has 0 bridgehead atoms. The number of anilines is 1. The van der Waals surface area contributed by atoms with Crippen LogP contribution < -0.4 is 15.5 Å². The van der Waals surface area contributed by atoms with E-state index in [4.69, 9.17) is 11.6 Å². The number of hydrogen-bond donors (Lipinski definition) is 2. The van der Waals surface area contributed by atoms with Crippen LogP contribution >= 0.6 is 11.6 Å². The molecule has 3 aromatic rings. The monoisotopic (exact) mass is 394 g/mol. The molecular weight excluding hydrogens is 372 g/mol.